The largest absolute Gasteiger partial charge is 0.445 e. The van der Waals surface area contributed by atoms with Crippen LogP contribution in [0.1, 0.15) is 63.9 Å². The van der Waals surface area contributed by atoms with Crippen LogP contribution < -0.4 is 5.32 Å². The minimum Gasteiger partial charge on any atom is -0.445 e. The normalized spacial score (nSPS) is 10.3. The van der Waals surface area contributed by atoms with E-state index in [9.17, 15) is 4.79 Å². The first-order chi connectivity index (χ1) is 10.3. The summed E-state index contributed by atoms with van der Waals surface area (Å²) < 4.78 is 5.15. The third-order valence-electron chi connectivity index (χ3n) is 3.51. The highest BCUT2D eigenvalue weighted by Crippen LogP contribution is 2.08. The SMILES string of the molecule is CCCCCCCCCCNC(=O)OCc1ccccc1. The summed E-state index contributed by atoms with van der Waals surface area (Å²) >= 11 is 0. The summed E-state index contributed by atoms with van der Waals surface area (Å²) in [6.07, 6.45) is 9.86. The van der Waals surface area contributed by atoms with Crippen molar-refractivity contribution < 1.29 is 9.53 Å². The highest BCUT2D eigenvalue weighted by molar-refractivity contribution is 5.67. The summed E-state index contributed by atoms with van der Waals surface area (Å²) in [4.78, 5) is 11.5. The maximum absolute atomic E-state index is 11.5. The number of hydrogen-bond acceptors (Lipinski definition) is 2. The molecule has 1 rings (SSSR count). The molecule has 0 atom stereocenters. The van der Waals surface area contributed by atoms with E-state index in [1.165, 1.54) is 44.9 Å². The Morgan fingerprint density at radius 3 is 2.24 bits per heavy atom. The molecule has 1 amide bonds. The van der Waals surface area contributed by atoms with Crippen LogP contribution in [0.25, 0.3) is 0 Å². The van der Waals surface area contributed by atoms with Gasteiger partial charge in [0.05, 0.1) is 0 Å². The number of carbonyl (C=O) groups excluding carboxylic acids is 1. The Labute approximate surface area is 129 Å². The van der Waals surface area contributed by atoms with E-state index in [0.717, 1.165) is 12.0 Å². The van der Waals surface area contributed by atoms with Gasteiger partial charge in [-0.1, -0.05) is 82.2 Å². The zero-order valence-corrected chi connectivity index (χ0v) is 13.3. The van der Waals surface area contributed by atoms with E-state index >= 15 is 0 Å². The number of amides is 1. The van der Waals surface area contributed by atoms with Crippen LogP contribution in [-0.4, -0.2) is 12.6 Å². The molecule has 21 heavy (non-hydrogen) atoms. The van der Waals surface area contributed by atoms with E-state index in [1.54, 1.807) is 0 Å². The summed E-state index contributed by atoms with van der Waals surface area (Å²) in [5.74, 6) is 0. The van der Waals surface area contributed by atoms with Crippen LogP contribution in [0, 0.1) is 0 Å². The fourth-order valence-electron chi connectivity index (χ4n) is 2.22. The Hall–Kier alpha value is -1.51. The van der Waals surface area contributed by atoms with E-state index in [-0.39, 0.29) is 6.09 Å². The first-order valence-corrected chi connectivity index (χ1v) is 8.27. The Bertz CT molecular complexity index is 365. The number of ether oxygens (including phenoxy) is 1. The summed E-state index contributed by atoms with van der Waals surface area (Å²) in [6, 6.07) is 9.73. The lowest BCUT2D eigenvalue weighted by molar-refractivity contribution is 0.139. The molecule has 0 heterocycles. The summed E-state index contributed by atoms with van der Waals surface area (Å²) in [7, 11) is 0. The molecule has 0 aromatic heterocycles. The van der Waals surface area contributed by atoms with Crippen LogP contribution in [0.3, 0.4) is 0 Å². The maximum atomic E-state index is 11.5. The third kappa shape index (κ3) is 9.94. The number of hydrogen-bond donors (Lipinski definition) is 1. The van der Waals surface area contributed by atoms with Crippen molar-refractivity contribution in [3.63, 3.8) is 0 Å². The molecule has 0 unspecified atom stereocenters. The van der Waals surface area contributed by atoms with Gasteiger partial charge in [0, 0.05) is 6.54 Å². The molecule has 0 radical (unpaired) electrons. The molecule has 3 nitrogen and oxygen atoms in total. The highest BCUT2D eigenvalue weighted by atomic mass is 16.5. The lowest BCUT2D eigenvalue weighted by Crippen LogP contribution is -2.25. The van der Waals surface area contributed by atoms with Crippen molar-refractivity contribution in [2.75, 3.05) is 6.54 Å². The smallest absolute Gasteiger partial charge is 0.407 e. The standard InChI is InChI=1S/C18H29NO2/c1-2-3-4-5-6-7-8-12-15-19-18(20)21-16-17-13-10-9-11-14-17/h9-11,13-14H,2-8,12,15-16H2,1H3,(H,19,20). The average Bonchev–Trinajstić information content (AvgIpc) is 2.52. The molecular weight excluding hydrogens is 262 g/mol. The third-order valence-corrected chi connectivity index (χ3v) is 3.51. The van der Waals surface area contributed by atoms with Crippen molar-refractivity contribution in [2.24, 2.45) is 0 Å². The molecule has 0 fully saturated rings. The predicted octanol–water partition coefficient (Wildman–Crippen LogP) is 5.05. The summed E-state index contributed by atoms with van der Waals surface area (Å²) in [5, 5.41) is 2.80. The van der Waals surface area contributed by atoms with Gasteiger partial charge < -0.3 is 10.1 Å². The van der Waals surface area contributed by atoms with E-state index < -0.39 is 0 Å². The monoisotopic (exact) mass is 291 g/mol. The zero-order valence-electron chi connectivity index (χ0n) is 13.3. The van der Waals surface area contributed by atoms with Crippen LogP contribution >= 0.6 is 0 Å². The minimum absolute atomic E-state index is 0.318. The molecule has 0 spiro atoms. The minimum atomic E-state index is -0.318. The van der Waals surface area contributed by atoms with Crippen LogP contribution in [0.5, 0.6) is 0 Å². The molecular formula is C18H29NO2. The van der Waals surface area contributed by atoms with Crippen molar-refractivity contribution in [2.45, 2.75) is 64.9 Å². The molecule has 1 aromatic rings. The Balaban J connectivity index is 1.89. The van der Waals surface area contributed by atoms with Gasteiger partial charge in [0.25, 0.3) is 0 Å². The lowest BCUT2D eigenvalue weighted by atomic mass is 10.1. The van der Waals surface area contributed by atoms with Crippen LogP contribution in [0.2, 0.25) is 0 Å². The maximum Gasteiger partial charge on any atom is 0.407 e. The Morgan fingerprint density at radius 2 is 1.57 bits per heavy atom. The van der Waals surface area contributed by atoms with E-state index in [0.29, 0.717) is 13.2 Å². The number of carbonyl (C=O) groups is 1. The first kappa shape index (κ1) is 17.5. The van der Waals surface area contributed by atoms with Crippen molar-refractivity contribution in [3.8, 4) is 0 Å². The van der Waals surface area contributed by atoms with Crippen molar-refractivity contribution in [1.29, 1.82) is 0 Å². The molecule has 0 saturated carbocycles. The van der Waals surface area contributed by atoms with Crippen molar-refractivity contribution >= 4 is 6.09 Å². The Kier molecular flexibility index (Phi) is 10.2. The summed E-state index contributed by atoms with van der Waals surface area (Å²) in [5.41, 5.74) is 1.01. The van der Waals surface area contributed by atoms with Gasteiger partial charge in [-0.15, -0.1) is 0 Å². The molecule has 0 aliphatic heterocycles. The van der Waals surface area contributed by atoms with Crippen molar-refractivity contribution in [1.82, 2.24) is 5.32 Å². The van der Waals surface area contributed by atoms with E-state index in [4.69, 9.17) is 4.74 Å². The molecule has 0 saturated heterocycles. The molecule has 0 aliphatic carbocycles. The highest BCUT2D eigenvalue weighted by Gasteiger charge is 2.01. The van der Waals surface area contributed by atoms with Gasteiger partial charge in [-0.2, -0.15) is 0 Å². The fourth-order valence-corrected chi connectivity index (χ4v) is 2.22. The molecule has 1 N–H and O–H groups in total. The Morgan fingerprint density at radius 1 is 0.952 bits per heavy atom. The van der Waals surface area contributed by atoms with E-state index in [1.807, 2.05) is 30.3 Å². The molecule has 3 heteroatoms. The van der Waals surface area contributed by atoms with Crippen LogP contribution in [-0.2, 0) is 11.3 Å². The number of nitrogens with one attached hydrogen (secondary N) is 1. The van der Waals surface area contributed by atoms with Crippen molar-refractivity contribution in [3.05, 3.63) is 35.9 Å². The van der Waals surface area contributed by atoms with Gasteiger partial charge >= 0.3 is 6.09 Å². The molecule has 0 aliphatic rings. The topological polar surface area (TPSA) is 38.3 Å². The van der Waals surface area contributed by atoms with Crippen LogP contribution in [0.4, 0.5) is 4.79 Å². The fraction of sp³-hybridized carbons (Fsp3) is 0.611. The molecule has 1 aromatic carbocycles. The van der Waals surface area contributed by atoms with Gasteiger partial charge in [-0.05, 0) is 12.0 Å². The second kappa shape index (κ2) is 12.2. The zero-order chi connectivity index (χ0) is 15.2. The van der Waals surface area contributed by atoms with Gasteiger partial charge in [0.15, 0.2) is 0 Å². The molecule has 0 bridgehead atoms. The van der Waals surface area contributed by atoms with E-state index in [2.05, 4.69) is 12.2 Å². The molecule has 118 valence electrons. The number of alkyl carbamates (subject to hydrolysis) is 1. The summed E-state index contributed by atoms with van der Waals surface area (Å²) in [6.45, 7) is 3.29. The van der Waals surface area contributed by atoms with Gasteiger partial charge in [-0.25, -0.2) is 4.79 Å². The number of rotatable bonds is 11. The lowest BCUT2D eigenvalue weighted by Gasteiger charge is -2.07. The number of unbranched alkanes of at least 4 members (excludes halogenated alkanes) is 7. The predicted molar refractivity (Wildman–Crippen MR) is 87.2 cm³/mol. The van der Waals surface area contributed by atoms with Gasteiger partial charge in [0.1, 0.15) is 6.61 Å². The quantitative estimate of drug-likeness (QED) is 0.579. The van der Waals surface area contributed by atoms with Gasteiger partial charge in [0.2, 0.25) is 0 Å². The van der Waals surface area contributed by atoms with Gasteiger partial charge in [-0.3, -0.25) is 0 Å². The number of benzene rings is 1. The first-order valence-electron chi connectivity index (χ1n) is 8.27. The second-order valence-electron chi connectivity index (χ2n) is 5.46. The second-order valence-corrected chi connectivity index (χ2v) is 5.46. The van der Waals surface area contributed by atoms with Crippen LogP contribution in [0.15, 0.2) is 30.3 Å². The average molecular weight is 291 g/mol.